The molecule has 1 unspecified atom stereocenters. The van der Waals surface area contributed by atoms with Crippen molar-refractivity contribution >= 4 is 6.09 Å². The third-order valence-electron chi connectivity index (χ3n) is 5.28. The second-order valence-corrected chi connectivity index (χ2v) is 6.77. The Morgan fingerprint density at radius 3 is 2.79 bits per heavy atom. The Balaban J connectivity index is 1.60. The van der Waals surface area contributed by atoms with Crippen LogP contribution in [0.25, 0.3) is 0 Å². The zero-order valence-corrected chi connectivity index (χ0v) is 14.5. The van der Waals surface area contributed by atoms with Gasteiger partial charge in [0.05, 0.1) is 6.61 Å². The van der Waals surface area contributed by atoms with Gasteiger partial charge in [0, 0.05) is 44.3 Å². The molecule has 0 saturated carbocycles. The van der Waals surface area contributed by atoms with Crippen molar-refractivity contribution in [2.45, 2.75) is 37.6 Å². The van der Waals surface area contributed by atoms with Gasteiger partial charge in [-0.1, -0.05) is 30.3 Å². The van der Waals surface area contributed by atoms with Gasteiger partial charge in [-0.2, -0.15) is 0 Å². The van der Waals surface area contributed by atoms with E-state index in [1.54, 1.807) is 4.90 Å². The molecule has 2 saturated heterocycles. The van der Waals surface area contributed by atoms with Crippen LogP contribution in [0.3, 0.4) is 0 Å². The molecule has 1 aromatic carbocycles. The van der Waals surface area contributed by atoms with E-state index in [4.69, 9.17) is 9.47 Å². The van der Waals surface area contributed by atoms with Crippen LogP contribution in [0, 0.1) is 0 Å². The van der Waals surface area contributed by atoms with Crippen molar-refractivity contribution < 1.29 is 14.3 Å². The predicted octanol–water partition coefficient (Wildman–Crippen LogP) is 2.56. The summed E-state index contributed by atoms with van der Waals surface area (Å²) in [7, 11) is 0. The summed E-state index contributed by atoms with van der Waals surface area (Å²) in [4.78, 5) is 13.6. The number of hydrogen-bond acceptors (Lipinski definition) is 4. The number of benzene rings is 1. The molecule has 2 aliphatic heterocycles. The van der Waals surface area contributed by atoms with Gasteiger partial charge in [0.1, 0.15) is 0 Å². The minimum absolute atomic E-state index is 0.136. The Morgan fingerprint density at radius 2 is 2.08 bits per heavy atom. The van der Waals surface area contributed by atoms with Gasteiger partial charge in [-0.15, -0.1) is 0 Å². The lowest BCUT2D eigenvalue weighted by atomic mass is 9.74. The van der Waals surface area contributed by atoms with Crippen LogP contribution < -0.4 is 5.32 Å². The first-order chi connectivity index (χ1) is 11.7. The molecule has 0 aromatic heterocycles. The third-order valence-corrected chi connectivity index (χ3v) is 5.28. The maximum Gasteiger partial charge on any atom is 0.409 e. The van der Waals surface area contributed by atoms with Crippen LogP contribution in [0.1, 0.15) is 31.7 Å². The van der Waals surface area contributed by atoms with Gasteiger partial charge in [0.15, 0.2) is 0 Å². The van der Waals surface area contributed by atoms with Gasteiger partial charge in [-0.05, 0) is 31.7 Å². The fourth-order valence-electron chi connectivity index (χ4n) is 3.77. The molecular weight excluding hydrogens is 304 g/mol. The largest absolute Gasteiger partial charge is 0.450 e. The Hall–Kier alpha value is -1.59. The maximum atomic E-state index is 11.8. The summed E-state index contributed by atoms with van der Waals surface area (Å²) >= 11 is 0. The summed E-state index contributed by atoms with van der Waals surface area (Å²) < 4.78 is 10.7. The van der Waals surface area contributed by atoms with Crippen molar-refractivity contribution in [1.82, 2.24) is 10.2 Å². The molecule has 24 heavy (non-hydrogen) atoms. The van der Waals surface area contributed by atoms with Crippen molar-refractivity contribution in [3.8, 4) is 0 Å². The summed E-state index contributed by atoms with van der Waals surface area (Å²) in [6.07, 6.45) is 2.88. The van der Waals surface area contributed by atoms with Crippen molar-refractivity contribution in [2.24, 2.45) is 0 Å². The van der Waals surface area contributed by atoms with Crippen molar-refractivity contribution in [3.63, 3.8) is 0 Å². The average molecular weight is 332 g/mol. The normalized spacial score (nSPS) is 23.2. The van der Waals surface area contributed by atoms with E-state index >= 15 is 0 Å². The number of ether oxygens (including phenoxy) is 2. The zero-order valence-electron chi connectivity index (χ0n) is 14.5. The fraction of sp³-hybridized carbons (Fsp3) is 0.632. The molecule has 5 heteroatoms. The Bertz CT molecular complexity index is 529. The van der Waals surface area contributed by atoms with E-state index < -0.39 is 0 Å². The third kappa shape index (κ3) is 3.90. The number of hydrogen-bond donors (Lipinski definition) is 1. The zero-order chi connectivity index (χ0) is 16.8. The average Bonchev–Trinajstić information content (AvgIpc) is 3.11. The van der Waals surface area contributed by atoms with Crippen LogP contribution in [0.4, 0.5) is 4.79 Å². The van der Waals surface area contributed by atoms with E-state index in [1.807, 2.05) is 6.92 Å². The summed E-state index contributed by atoms with van der Waals surface area (Å²) in [5.41, 5.74) is 1.53. The van der Waals surface area contributed by atoms with Gasteiger partial charge >= 0.3 is 6.09 Å². The molecule has 1 aromatic rings. The minimum atomic E-state index is -0.189. The van der Waals surface area contributed by atoms with Crippen molar-refractivity contribution in [2.75, 3.05) is 39.5 Å². The van der Waals surface area contributed by atoms with Gasteiger partial charge in [-0.3, -0.25) is 0 Å². The SMILES string of the molecule is CCOC(=O)N1CCC(NCC2(c3ccccc3)CCOCC2)C1. The van der Waals surface area contributed by atoms with E-state index in [-0.39, 0.29) is 11.5 Å². The smallest absolute Gasteiger partial charge is 0.409 e. The van der Waals surface area contributed by atoms with E-state index in [0.29, 0.717) is 12.6 Å². The number of carbonyl (C=O) groups excluding carboxylic acids is 1. The van der Waals surface area contributed by atoms with E-state index in [2.05, 4.69) is 35.6 Å². The molecule has 1 N–H and O–H groups in total. The van der Waals surface area contributed by atoms with Crippen LogP contribution in [0.5, 0.6) is 0 Å². The quantitative estimate of drug-likeness (QED) is 0.900. The lowest BCUT2D eigenvalue weighted by Gasteiger charge is -2.39. The highest BCUT2D eigenvalue weighted by Gasteiger charge is 2.36. The topological polar surface area (TPSA) is 50.8 Å². The van der Waals surface area contributed by atoms with Crippen LogP contribution in [-0.4, -0.2) is 56.5 Å². The van der Waals surface area contributed by atoms with Crippen LogP contribution >= 0.6 is 0 Å². The van der Waals surface area contributed by atoms with E-state index in [1.165, 1.54) is 5.56 Å². The molecule has 2 aliphatic rings. The lowest BCUT2D eigenvalue weighted by Crippen LogP contribution is -2.46. The van der Waals surface area contributed by atoms with Crippen LogP contribution in [0.2, 0.25) is 0 Å². The first-order valence-corrected chi connectivity index (χ1v) is 9.02. The second-order valence-electron chi connectivity index (χ2n) is 6.77. The van der Waals surface area contributed by atoms with Gasteiger partial charge < -0.3 is 19.7 Å². The molecule has 0 bridgehead atoms. The molecule has 1 amide bonds. The van der Waals surface area contributed by atoms with E-state index in [9.17, 15) is 4.79 Å². The summed E-state index contributed by atoms with van der Waals surface area (Å²) in [5, 5.41) is 3.71. The first kappa shape index (κ1) is 17.2. The molecular formula is C19H28N2O3. The minimum Gasteiger partial charge on any atom is -0.450 e. The number of carbonyl (C=O) groups is 1. The summed E-state index contributed by atoms with van der Waals surface area (Å²) in [5.74, 6) is 0. The number of amides is 1. The predicted molar refractivity (Wildman–Crippen MR) is 93.2 cm³/mol. The first-order valence-electron chi connectivity index (χ1n) is 9.02. The summed E-state index contributed by atoms with van der Waals surface area (Å²) in [6, 6.07) is 11.1. The molecule has 0 spiro atoms. The number of nitrogens with zero attached hydrogens (tertiary/aromatic N) is 1. The fourth-order valence-corrected chi connectivity index (χ4v) is 3.77. The standard InChI is InChI=1S/C19H28N2O3/c1-2-24-18(22)21-11-8-17(14-21)20-15-19(9-12-23-13-10-19)16-6-4-3-5-7-16/h3-7,17,20H,2,8-15H2,1H3. The molecule has 3 rings (SSSR count). The van der Waals surface area contributed by atoms with Gasteiger partial charge in [-0.25, -0.2) is 4.79 Å². The molecule has 5 nitrogen and oxygen atoms in total. The number of rotatable bonds is 5. The molecule has 1 atom stereocenters. The highest BCUT2D eigenvalue weighted by atomic mass is 16.6. The monoisotopic (exact) mass is 332 g/mol. The highest BCUT2D eigenvalue weighted by Crippen LogP contribution is 2.34. The number of likely N-dealkylation sites (tertiary alicyclic amines) is 1. The molecule has 2 fully saturated rings. The van der Waals surface area contributed by atoms with Gasteiger partial charge in [0.25, 0.3) is 0 Å². The second kappa shape index (κ2) is 7.99. The molecule has 0 aliphatic carbocycles. The van der Waals surface area contributed by atoms with Crippen LogP contribution in [0.15, 0.2) is 30.3 Å². The van der Waals surface area contributed by atoms with Crippen molar-refractivity contribution in [1.29, 1.82) is 0 Å². The van der Waals surface area contributed by atoms with Crippen molar-refractivity contribution in [3.05, 3.63) is 35.9 Å². The highest BCUT2D eigenvalue weighted by molar-refractivity contribution is 5.68. The Kier molecular flexibility index (Phi) is 5.74. The maximum absolute atomic E-state index is 11.8. The van der Waals surface area contributed by atoms with E-state index in [0.717, 1.165) is 52.1 Å². The molecule has 0 radical (unpaired) electrons. The lowest BCUT2D eigenvalue weighted by molar-refractivity contribution is 0.0489. The van der Waals surface area contributed by atoms with Gasteiger partial charge in [0.2, 0.25) is 0 Å². The summed E-state index contributed by atoms with van der Waals surface area (Å²) in [6.45, 7) is 6.36. The Morgan fingerprint density at radius 1 is 1.33 bits per heavy atom. The number of nitrogens with one attached hydrogen (secondary N) is 1. The van der Waals surface area contributed by atoms with Crippen LogP contribution in [-0.2, 0) is 14.9 Å². The molecule has 2 heterocycles. The molecule has 132 valence electrons. The Labute approximate surface area is 144 Å².